The topological polar surface area (TPSA) is 68.5 Å². The molecule has 0 aliphatic rings. The summed E-state index contributed by atoms with van der Waals surface area (Å²) < 4.78 is 33.3. The zero-order valence-corrected chi connectivity index (χ0v) is 11.0. The standard InChI is InChI=1S/C8H13N.C3H6O4S/c1-3-6-9-7-4-5-8(9)2;1-2-3-7-8(4,5)6/h4-5,7H,3,6H2,1-2H3;2H,1,3H2,(H,4,5,6). The maximum Gasteiger partial charge on any atom is 0.397 e. The van der Waals surface area contributed by atoms with Gasteiger partial charge in [0.2, 0.25) is 0 Å². The Hall–Kier alpha value is -1.11. The summed E-state index contributed by atoms with van der Waals surface area (Å²) in [4.78, 5) is 0. The van der Waals surface area contributed by atoms with E-state index in [1.54, 1.807) is 0 Å². The molecule has 1 N–H and O–H groups in total. The first-order valence-electron chi connectivity index (χ1n) is 5.25. The molecule has 0 aliphatic heterocycles. The molecule has 0 amide bonds. The van der Waals surface area contributed by atoms with E-state index in [2.05, 4.69) is 47.5 Å². The zero-order valence-electron chi connectivity index (χ0n) is 10.2. The molecule has 1 heterocycles. The highest BCUT2D eigenvalue weighted by Crippen LogP contribution is 1.99. The summed E-state index contributed by atoms with van der Waals surface area (Å²) >= 11 is 0. The Labute approximate surface area is 103 Å². The van der Waals surface area contributed by atoms with Crippen LogP contribution in [0.5, 0.6) is 0 Å². The second kappa shape index (κ2) is 8.05. The molecule has 0 saturated heterocycles. The van der Waals surface area contributed by atoms with Crippen LogP contribution in [-0.4, -0.2) is 24.1 Å². The minimum atomic E-state index is -4.26. The fraction of sp³-hybridized carbons (Fsp3) is 0.455. The van der Waals surface area contributed by atoms with Crippen molar-refractivity contribution in [2.24, 2.45) is 0 Å². The normalized spacial score (nSPS) is 10.5. The third-order valence-electron chi connectivity index (χ3n) is 1.86. The largest absolute Gasteiger partial charge is 0.397 e. The van der Waals surface area contributed by atoms with E-state index in [1.165, 1.54) is 18.2 Å². The average Bonchev–Trinajstić information content (AvgIpc) is 2.62. The molecule has 5 nitrogen and oxygen atoms in total. The van der Waals surface area contributed by atoms with Gasteiger partial charge in [-0.2, -0.15) is 8.42 Å². The molecule has 0 aromatic carbocycles. The van der Waals surface area contributed by atoms with Crippen LogP contribution in [0.2, 0.25) is 0 Å². The Kier molecular flexibility index (Phi) is 7.53. The number of rotatable bonds is 5. The van der Waals surface area contributed by atoms with Gasteiger partial charge in [-0.25, -0.2) is 4.18 Å². The van der Waals surface area contributed by atoms with Gasteiger partial charge in [0, 0.05) is 18.4 Å². The van der Waals surface area contributed by atoms with Crippen LogP contribution in [0.15, 0.2) is 31.0 Å². The summed E-state index contributed by atoms with van der Waals surface area (Å²) in [5, 5.41) is 0. The van der Waals surface area contributed by atoms with Gasteiger partial charge in [-0.05, 0) is 25.5 Å². The number of aryl methyl sites for hydroxylation is 2. The molecule has 0 saturated carbocycles. The molecule has 0 bridgehead atoms. The Balaban J connectivity index is 0.000000304. The molecule has 98 valence electrons. The maximum absolute atomic E-state index is 9.68. The van der Waals surface area contributed by atoms with Crippen LogP contribution in [0.25, 0.3) is 0 Å². The Morgan fingerprint density at radius 1 is 1.59 bits per heavy atom. The minimum absolute atomic E-state index is 0.196. The highest BCUT2D eigenvalue weighted by atomic mass is 32.3. The van der Waals surface area contributed by atoms with Gasteiger partial charge in [-0.15, -0.1) is 6.58 Å². The molecule has 1 aromatic rings. The average molecular weight is 261 g/mol. The molecule has 0 atom stereocenters. The second-order valence-electron chi connectivity index (χ2n) is 3.34. The molecule has 0 unspecified atom stereocenters. The quantitative estimate of drug-likeness (QED) is 0.651. The summed E-state index contributed by atoms with van der Waals surface area (Å²) in [6.07, 6.45) is 4.56. The zero-order chi connectivity index (χ0) is 13.3. The van der Waals surface area contributed by atoms with E-state index in [1.807, 2.05) is 0 Å². The highest BCUT2D eigenvalue weighted by Gasteiger charge is 1.99. The molecule has 0 radical (unpaired) electrons. The number of hydrogen-bond donors (Lipinski definition) is 1. The van der Waals surface area contributed by atoms with Gasteiger partial charge in [-0.3, -0.25) is 4.55 Å². The number of aromatic nitrogens is 1. The van der Waals surface area contributed by atoms with Gasteiger partial charge in [0.1, 0.15) is 0 Å². The van der Waals surface area contributed by atoms with Crippen molar-refractivity contribution < 1.29 is 17.2 Å². The monoisotopic (exact) mass is 261 g/mol. The first-order chi connectivity index (χ1) is 7.90. The van der Waals surface area contributed by atoms with Crippen LogP contribution >= 0.6 is 0 Å². The van der Waals surface area contributed by atoms with Crippen molar-refractivity contribution in [2.45, 2.75) is 26.8 Å². The van der Waals surface area contributed by atoms with Crippen molar-refractivity contribution in [2.75, 3.05) is 6.61 Å². The first kappa shape index (κ1) is 15.9. The van der Waals surface area contributed by atoms with Gasteiger partial charge in [0.25, 0.3) is 0 Å². The molecule has 17 heavy (non-hydrogen) atoms. The van der Waals surface area contributed by atoms with E-state index >= 15 is 0 Å². The van der Waals surface area contributed by atoms with Crippen LogP contribution in [0, 0.1) is 6.92 Å². The van der Waals surface area contributed by atoms with Gasteiger partial charge in [0.15, 0.2) is 0 Å². The molecule has 6 heteroatoms. The highest BCUT2D eigenvalue weighted by molar-refractivity contribution is 7.80. The Morgan fingerprint density at radius 2 is 2.24 bits per heavy atom. The summed E-state index contributed by atoms with van der Waals surface area (Å²) in [6.45, 7) is 8.45. The minimum Gasteiger partial charge on any atom is -0.352 e. The summed E-state index contributed by atoms with van der Waals surface area (Å²) in [5.41, 5.74) is 1.36. The van der Waals surface area contributed by atoms with E-state index in [4.69, 9.17) is 4.55 Å². The van der Waals surface area contributed by atoms with Crippen molar-refractivity contribution in [3.05, 3.63) is 36.7 Å². The van der Waals surface area contributed by atoms with Crippen molar-refractivity contribution in [3.8, 4) is 0 Å². The second-order valence-corrected chi connectivity index (χ2v) is 4.44. The van der Waals surface area contributed by atoms with Crippen LogP contribution in [0.4, 0.5) is 0 Å². The van der Waals surface area contributed by atoms with Crippen LogP contribution in [-0.2, 0) is 21.1 Å². The smallest absolute Gasteiger partial charge is 0.352 e. The molecular formula is C11H19NO4S. The van der Waals surface area contributed by atoms with Crippen molar-refractivity contribution in [1.29, 1.82) is 0 Å². The molecule has 0 spiro atoms. The molecule has 1 rings (SSSR count). The first-order valence-corrected chi connectivity index (χ1v) is 6.61. The lowest BCUT2D eigenvalue weighted by Gasteiger charge is -2.00. The molecular weight excluding hydrogens is 242 g/mol. The predicted octanol–water partition coefficient (Wildman–Crippen LogP) is 2.20. The van der Waals surface area contributed by atoms with E-state index in [-0.39, 0.29) is 6.61 Å². The molecule has 0 fully saturated rings. The summed E-state index contributed by atoms with van der Waals surface area (Å²) in [6, 6.07) is 4.22. The van der Waals surface area contributed by atoms with E-state index in [0.29, 0.717) is 0 Å². The van der Waals surface area contributed by atoms with Gasteiger partial charge < -0.3 is 4.57 Å². The fourth-order valence-electron chi connectivity index (χ4n) is 1.13. The summed E-state index contributed by atoms with van der Waals surface area (Å²) in [5.74, 6) is 0. The lowest BCUT2D eigenvalue weighted by Crippen LogP contribution is -2.02. The van der Waals surface area contributed by atoms with Gasteiger partial charge >= 0.3 is 10.4 Å². The fourth-order valence-corrected chi connectivity index (χ4v) is 1.39. The Bertz CT molecular complexity index is 422. The lowest BCUT2D eigenvalue weighted by molar-refractivity contribution is 0.296. The van der Waals surface area contributed by atoms with Crippen LogP contribution < -0.4 is 0 Å². The van der Waals surface area contributed by atoms with Crippen LogP contribution in [0.1, 0.15) is 19.0 Å². The lowest BCUT2D eigenvalue weighted by atomic mass is 10.4. The van der Waals surface area contributed by atoms with E-state index in [0.717, 1.165) is 6.54 Å². The SMILES string of the molecule is C=CCOS(=O)(=O)O.CCCn1cccc1C. The van der Waals surface area contributed by atoms with Gasteiger partial charge in [-0.1, -0.05) is 13.0 Å². The number of nitrogens with zero attached hydrogens (tertiary/aromatic N) is 1. The Morgan fingerprint density at radius 3 is 2.53 bits per heavy atom. The third-order valence-corrected chi connectivity index (χ3v) is 2.29. The molecule has 1 aromatic heterocycles. The number of hydrogen-bond acceptors (Lipinski definition) is 3. The van der Waals surface area contributed by atoms with E-state index in [9.17, 15) is 8.42 Å². The van der Waals surface area contributed by atoms with Crippen molar-refractivity contribution in [3.63, 3.8) is 0 Å². The van der Waals surface area contributed by atoms with Crippen molar-refractivity contribution in [1.82, 2.24) is 4.57 Å². The predicted molar refractivity (Wildman–Crippen MR) is 67.2 cm³/mol. The van der Waals surface area contributed by atoms with E-state index < -0.39 is 10.4 Å². The third kappa shape index (κ3) is 8.67. The van der Waals surface area contributed by atoms with Crippen LogP contribution in [0.3, 0.4) is 0 Å². The molecule has 0 aliphatic carbocycles. The summed E-state index contributed by atoms with van der Waals surface area (Å²) in [7, 11) is -4.26. The van der Waals surface area contributed by atoms with Gasteiger partial charge in [0.05, 0.1) is 6.61 Å². The maximum atomic E-state index is 9.68. The van der Waals surface area contributed by atoms with Crippen molar-refractivity contribution >= 4 is 10.4 Å².